The number of aliphatic hydroxyl groups excluding tert-OH is 1. The number of cyclic esters (lactones) is 1. The molecule has 1 aromatic heterocycles. The van der Waals surface area contributed by atoms with Crippen LogP contribution in [0.2, 0.25) is 0 Å². The molecule has 2 heterocycles. The molecule has 1 aliphatic rings. The largest absolute Gasteiger partial charge is 0.479 e. The molecule has 0 aliphatic carbocycles. The zero-order chi connectivity index (χ0) is 15.6. The van der Waals surface area contributed by atoms with Crippen molar-refractivity contribution in [3.8, 4) is 0 Å². The predicted octanol–water partition coefficient (Wildman–Crippen LogP) is 2.39. The number of Topliss-reactive ketones (excluding diaryl/α,β-unsaturated/α-hetero) is 1. The zero-order valence-electron chi connectivity index (χ0n) is 11.6. The van der Waals surface area contributed by atoms with Crippen LogP contribution >= 0.6 is 11.3 Å². The molecule has 9 heteroatoms. The summed E-state index contributed by atoms with van der Waals surface area (Å²) in [7, 11) is 0. The van der Waals surface area contributed by atoms with Gasteiger partial charge in [0.25, 0.3) is 11.5 Å². The summed E-state index contributed by atoms with van der Waals surface area (Å²) in [4.78, 5) is 26.7. The maximum absolute atomic E-state index is 11.7. The first kappa shape index (κ1) is 15.1. The van der Waals surface area contributed by atoms with Crippen molar-refractivity contribution in [3.05, 3.63) is 22.7 Å². The number of thiazole rings is 1. The monoisotopic (exact) mass is 311 g/mol. The Labute approximate surface area is 124 Å². The fourth-order valence-electron chi connectivity index (χ4n) is 1.52. The smallest absolute Gasteiger partial charge is 0.369 e. The van der Waals surface area contributed by atoms with E-state index in [2.05, 4.69) is 15.2 Å². The number of carbonyl (C=O) groups is 2. The molecule has 0 aromatic carbocycles. The number of esters is 1. The van der Waals surface area contributed by atoms with Crippen LogP contribution in [0.4, 0.5) is 5.13 Å². The zero-order valence-corrected chi connectivity index (χ0v) is 12.4. The van der Waals surface area contributed by atoms with Gasteiger partial charge in [0.1, 0.15) is 5.78 Å². The van der Waals surface area contributed by atoms with Gasteiger partial charge in [-0.3, -0.25) is 4.79 Å². The molecule has 0 spiro atoms. The van der Waals surface area contributed by atoms with E-state index in [1.807, 2.05) is 0 Å². The molecule has 21 heavy (non-hydrogen) atoms. The normalized spacial score (nSPS) is 17.8. The minimum Gasteiger partial charge on any atom is -0.479 e. The minimum absolute atomic E-state index is 0.0179. The molecule has 0 fully saturated rings. The van der Waals surface area contributed by atoms with Crippen molar-refractivity contribution in [2.75, 3.05) is 0 Å². The summed E-state index contributed by atoms with van der Waals surface area (Å²) in [6.07, 6.45) is 0.208. The van der Waals surface area contributed by atoms with E-state index in [1.165, 1.54) is 20.8 Å². The van der Waals surface area contributed by atoms with E-state index in [-0.39, 0.29) is 17.3 Å². The third-order valence-electron chi connectivity index (χ3n) is 2.28. The van der Waals surface area contributed by atoms with Crippen molar-refractivity contribution < 1.29 is 24.2 Å². The number of aliphatic hydroxyl groups is 1. The molecule has 0 saturated carbocycles. The Morgan fingerprint density at radius 3 is 2.76 bits per heavy atom. The van der Waals surface area contributed by atoms with Gasteiger partial charge in [0.15, 0.2) is 0 Å². The SMILES string of the molecule is CC(=O)Cc1csc(N=NC2=C(O)OC(C)(C)OC2=O)n1. The molecule has 0 amide bonds. The molecular weight excluding hydrogens is 298 g/mol. The molecule has 0 atom stereocenters. The number of hydrogen-bond acceptors (Lipinski definition) is 9. The van der Waals surface area contributed by atoms with Gasteiger partial charge in [-0.05, 0) is 6.92 Å². The van der Waals surface area contributed by atoms with Gasteiger partial charge in [0.2, 0.25) is 5.13 Å². The number of rotatable bonds is 4. The maximum atomic E-state index is 11.7. The Bertz CT molecular complexity index is 647. The van der Waals surface area contributed by atoms with Gasteiger partial charge in [-0.1, -0.05) is 0 Å². The van der Waals surface area contributed by atoms with Crippen molar-refractivity contribution in [2.45, 2.75) is 33.0 Å². The third-order valence-corrected chi connectivity index (χ3v) is 3.06. The van der Waals surface area contributed by atoms with Crippen molar-refractivity contribution in [2.24, 2.45) is 10.2 Å². The van der Waals surface area contributed by atoms with Crippen molar-refractivity contribution in [1.82, 2.24) is 4.98 Å². The summed E-state index contributed by atoms with van der Waals surface area (Å²) in [5, 5.41) is 18.9. The second-order valence-electron chi connectivity index (χ2n) is 4.75. The molecule has 1 aromatic rings. The van der Waals surface area contributed by atoms with Crippen molar-refractivity contribution in [1.29, 1.82) is 0 Å². The molecule has 2 rings (SSSR count). The highest BCUT2D eigenvalue weighted by Gasteiger charge is 2.36. The van der Waals surface area contributed by atoms with Crippen LogP contribution in [0, 0.1) is 0 Å². The highest BCUT2D eigenvalue weighted by molar-refractivity contribution is 7.13. The van der Waals surface area contributed by atoms with Crippen LogP contribution in [0.3, 0.4) is 0 Å². The second-order valence-corrected chi connectivity index (χ2v) is 5.58. The lowest BCUT2D eigenvalue weighted by Gasteiger charge is -2.28. The summed E-state index contributed by atoms with van der Waals surface area (Å²) >= 11 is 1.16. The Kier molecular flexibility index (Phi) is 4.03. The van der Waals surface area contributed by atoms with Crippen LogP contribution < -0.4 is 0 Å². The Balaban J connectivity index is 2.15. The van der Waals surface area contributed by atoms with Gasteiger partial charge in [-0.2, -0.15) is 0 Å². The van der Waals surface area contributed by atoms with Gasteiger partial charge < -0.3 is 14.6 Å². The summed E-state index contributed by atoms with van der Waals surface area (Å²) in [6.45, 7) is 4.41. The number of carbonyl (C=O) groups excluding carboxylic acids is 2. The first-order chi connectivity index (χ1) is 9.77. The number of ether oxygens (including phenoxy) is 2. The number of nitrogens with zero attached hydrogens (tertiary/aromatic N) is 3. The van der Waals surface area contributed by atoms with Crippen LogP contribution in [-0.4, -0.2) is 27.6 Å². The third kappa shape index (κ3) is 3.85. The first-order valence-electron chi connectivity index (χ1n) is 5.98. The lowest BCUT2D eigenvalue weighted by molar-refractivity contribution is -0.222. The van der Waals surface area contributed by atoms with E-state index in [9.17, 15) is 14.7 Å². The fraction of sp³-hybridized carbons (Fsp3) is 0.417. The molecule has 0 unspecified atom stereocenters. The lowest BCUT2D eigenvalue weighted by atomic mass is 10.3. The van der Waals surface area contributed by atoms with Crippen LogP contribution in [0.25, 0.3) is 0 Å². The topological polar surface area (TPSA) is 110 Å². The molecular formula is C12H13N3O5S. The van der Waals surface area contributed by atoms with Crippen LogP contribution in [0.15, 0.2) is 27.3 Å². The lowest BCUT2D eigenvalue weighted by Crippen LogP contribution is -2.36. The molecule has 112 valence electrons. The van der Waals surface area contributed by atoms with E-state index < -0.39 is 23.4 Å². The quantitative estimate of drug-likeness (QED) is 0.675. The first-order valence-corrected chi connectivity index (χ1v) is 6.86. The minimum atomic E-state index is -1.25. The second kappa shape index (κ2) is 5.60. The Hall–Kier alpha value is -2.29. The number of aromatic nitrogens is 1. The highest BCUT2D eigenvalue weighted by atomic mass is 32.1. The Morgan fingerprint density at radius 1 is 1.43 bits per heavy atom. The van der Waals surface area contributed by atoms with E-state index in [4.69, 9.17) is 9.47 Å². The molecule has 8 nitrogen and oxygen atoms in total. The highest BCUT2D eigenvalue weighted by Crippen LogP contribution is 2.27. The molecule has 1 N–H and O–H groups in total. The van der Waals surface area contributed by atoms with Crippen molar-refractivity contribution in [3.63, 3.8) is 0 Å². The van der Waals surface area contributed by atoms with Crippen LogP contribution in [0.1, 0.15) is 26.5 Å². The van der Waals surface area contributed by atoms with Crippen molar-refractivity contribution >= 4 is 28.2 Å². The molecule has 0 radical (unpaired) electrons. The summed E-state index contributed by atoms with van der Waals surface area (Å²) in [5.74, 6) is -2.76. The van der Waals surface area contributed by atoms with Crippen LogP contribution in [-0.2, 0) is 25.5 Å². The van der Waals surface area contributed by atoms with Gasteiger partial charge >= 0.3 is 11.9 Å². The summed E-state index contributed by atoms with van der Waals surface area (Å²) in [6, 6.07) is 0. The van der Waals surface area contributed by atoms with Gasteiger partial charge in [0, 0.05) is 25.6 Å². The molecule has 1 aliphatic heterocycles. The Morgan fingerprint density at radius 2 is 2.14 bits per heavy atom. The van der Waals surface area contributed by atoms with E-state index in [0.717, 1.165) is 11.3 Å². The van der Waals surface area contributed by atoms with Gasteiger partial charge in [-0.15, -0.1) is 21.6 Å². The van der Waals surface area contributed by atoms with Gasteiger partial charge in [0.05, 0.1) is 5.69 Å². The standard InChI is InChI=1S/C12H13N3O5S/c1-6(16)4-7-5-21-11(13-7)15-14-8-9(17)19-12(2,3)20-10(8)18/h5,17H,4H2,1-3H3. The van der Waals surface area contributed by atoms with E-state index >= 15 is 0 Å². The maximum Gasteiger partial charge on any atom is 0.369 e. The van der Waals surface area contributed by atoms with Crippen LogP contribution in [0.5, 0.6) is 0 Å². The summed E-state index contributed by atoms with van der Waals surface area (Å²) < 4.78 is 9.89. The predicted molar refractivity (Wildman–Crippen MR) is 71.9 cm³/mol. The van der Waals surface area contributed by atoms with E-state index in [1.54, 1.807) is 5.38 Å². The average Bonchev–Trinajstić information content (AvgIpc) is 2.73. The molecule has 0 bridgehead atoms. The van der Waals surface area contributed by atoms with E-state index in [0.29, 0.717) is 5.69 Å². The number of hydrogen-bond donors (Lipinski definition) is 1. The molecule has 0 saturated heterocycles. The number of azo groups is 1. The average molecular weight is 311 g/mol. The number of ketones is 1. The van der Waals surface area contributed by atoms with Gasteiger partial charge in [-0.25, -0.2) is 9.78 Å². The summed E-state index contributed by atoms with van der Waals surface area (Å²) in [5.41, 5.74) is 0.140. The fourth-order valence-corrected chi connectivity index (χ4v) is 2.15.